The molecule has 1 aromatic carbocycles. The SMILES string of the molecule is CCCC(O)C(CNCC(C)C)NC(=O)CNc1ncnc2ccc(C(F)(F)F)cc12. The van der Waals surface area contributed by atoms with Crippen LogP contribution >= 0.6 is 0 Å². The largest absolute Gasteiger partial charge is 0.416 e. The number of halogens is 3. The molecule has 31 heavy (non-hydrogen) atoms. The number of benzene rings is 1. The fourth-order valence-corrected chi connectivity index (χ4v) is 3.10. The number of hydrogen-bond donors (Lipinski definition) is 4. The van der Waals surface area contributed by atoms with Crippen molar-refractivity contribution in [2.45, 2.75) is 51.9 Å². The Labute approximate surface area is 179 Å². The van der Waals surface area contributed by atoms with Crippen molar-refractivity contribution in [1.82, 2.24) is 20.6 Å². The van der Waals surface area contributed by atoms with Crippen molar-refractivity contribution in [3.05, 3.63) is 30.1 Å². The summed E-state index contributed by atoms with van der Waals surface area (Å²) in [7, 11) is 0. The Bertz CT molecular complexity index is 861. The van der Waals surface area contributed by atoms with Crippen molar-refractivity contribution in [3.8, 4) is 0 Å². The van der Waals surface area contributed by atoms with Gasteiger partial charge in [-0.25, -0.2) is 9.97 Å². The Morgan fingerprint density at radius 3 is 2.58 bits per heavy atom. The molecule has 0 spiro atoms. The first kappa shape index (κ1) is 24.8. The molecule has 0 fully saturated rings. The topological polar surface area (TPSA) is 99.2 Å². The van der Waals surface area contributed by atoms with E-state index in [0.29, 0.717) is 24.4 Å². The van der Waals surface area contributed by atoms with Crippen LogP contribution in [0, 0.1) is 5.92 Å². The van der Waals surface area contributed by atoms with E-state index in [2.05, 4.69) is 39.8 Å². The number of alkyl halides is 3. The lowest BCUT2D eigenvalue weighted by molar-refractivity contribution is -0.137. The zero-order valence-corrected chi connectivity index (χ0v) is 18.0. The van der Waals surface area contributed by atoms with Crippen molar-refractivity contribution >= 4 is 22.6 Å². The van der Waals surface area contributed by atoms with Gasteiger partial charge in [-0.15, -0.1) is 0 Å². The maximum atomic E-state index is 13.0. The van der Waals surface area contributed by atoms with Crippen LogP contribution in [0.15, 0.2) is 24.5 Å². The summed E-state index contributed by atoms with van der Waals surface area (Å²) in [6, 6.07) is 2.70. The van der Waals surface area contributed by atoms with Crippen LogP contribution in [0.1, 0.15) is 39.2 Å². The summed E-state index contributed by atoms with van der Waals surface area (Å²) in [6.07, 6.45) is -2.67. The molecule has 1 heterocycles. The van der Waals surface area contributed by atoms with Gasteiger partial charge in [-0.2, -0.15) is 13.2 Å². The monoisotopic (exact) mass is 441 g/mol. The molecule has 0 saturated carbocycles. The highest BCUT2D eigenvalue weighted by Crippen LogP contribution is 2.32. The molecule has 10 heteroatoms. The van der Waals surface area contributed by atoms with Crippen molar-refractivity contribution in [2.75, 3.05) is 25.0 Å². The summed E-state index contributed by atoms with van der Waals surface area (Å²) in [5, 5.41) is 19.3. The fourth-order valence-electron chi connectivity index (χ4n) is 3.10. The van der Waals surface area contributed by atoms with Crippen LogP contribution in [0.25, 0.3) is 10.9 Å². The second-order valence-corrected chi connectivity index (χ2v) is 7.89. The van der Waals surface area contributed by atoms with Gasteiger partial charge in [0.2, 0.25) is 5.91 Å². The van der Waals surface area contributed by atoms with Crippen molar-refractivity contribution < 1.29 is 23.1 Å². The molecule has 2 atom stereocenters. The number of rotatable bonds is 11. The minimum Gasteiger partial charge on any atom is -0.391 e. The van der Waals surface area contributed by atoms with Crippen LogP contribution in [-0.4, -0.2) is 52.8 Å². The minimum atomic E-state index is -4.50. The van der Waals surface area contributed by atoms with Crippen LogP contribution in [0.3, 0.4) is 0 Å². The lowest BCUT2D eigenvalue weighted by Gasteiger charge is -2.25. The average molecular weight is 441 g/mol. The standard InChI is InChI=1S/C21H30F3N5O2/c1-4-5-18(30)17(10-25-9-13(2)3)29-19(31)11-26-20-15-8-14(21(22,23)24)6-7-16(15)27-12-28-20/h6-8,12-13,17-18,25,30H,4-5,9-11H2,1-3H3,(H,29,31)(H,26,27,28). The molecule has 4 N–H and O–H groups in total. The number of nitrogens with one attached hydrogen (secondary N) is 3. The number of fused-ring (bicyclic) bond motifs is 1. The lowest BCUT2D eigenvalue weighted by atomic mass is 10.1. The zero-order chi connectivity index (χ0) is 23.0. The average Bonchev–Trinajstić information content (AvgIpc) is 2.70. The highest BCUT2D eigenvalue weighted by molar-refractivity contribution is 5.91. The Morgan fingerprint density at radius 1 is 1.19 bits per heavy atom. The van der Waals surface area contributed by atoms with Crippen molar-refractivity contribution in [2.24, 2.45) is 5.92 Å². The number of amides is 1. The number of anilines is 1. The van der Waals surface area contributed by atoms with E-state index in [1.165, 1.54) is 12.4 Å². The first-order chi connectivity index (χ1) is 14.6. The number of aromatic nitrogens is 2. The van der Waals surface area contributed by atoms with Gasteiger partial charge < -0.3 is 21.1 Å². The van der Waals surface area contributed by atoms with E-state index in [-0.39, 0.29) is 17.7 Å². The molecule has 7 nitrogen and oxygen atoms in total. The third-order valence-electron chi connectivity index (χ3n) is 4.69. The van der Waals surface area contributed by atoms with Gasteiger partial charge in [-0.3, -0.25) is 4.79 Å². The first-order valence-electron chi connectivity index (χ1n) is 10.4. The van der Waals surface area contributed by atoms with Gasteiger partial charge in [-0.05, 0) is 37.1 Å². The van der Waals surface area contributed by atoms with Crippen molar-refractivity contribution in [3.63, 3.8) is 0 Å². The van der Waals surface area contributed by atoms with Gasteiger partial charge >= 0.3 is 6.18 Å². The van der Waals surface area contributed by atoms with Crippen LogP contribution < -0.4 is 16.0 Å². The Hall–Kier alpha value is -2.46. The lowest BCUT2D eigenvalue weighted by Crippen LogP contribution is -2.51. The summed E-state index contributed by atoms with van der Waals surface area (Å²) >= 11 is 0. The molecule has 1 amide bonds. The van der Waals surface area contributed by atoms with E-state index in [0.717, 1.165) is 25.1 Å². The third-order valence-corrected chi connectivity index (χ3v) is 4.69. The molecule has 0 bridgehead atoms. The Kier molecular flexibility index (Phi) is 9.00. The van der Waals surface area contributed by atoms with Crippen molar-refractivity contribution in [1.29, 1.82) is 0 Å². The second kappa shape index (κ2) is 11.2. The van der Waals surface area contributed by atoms with E-state index in [4.69, 9.17) is 0 Å². The number of carbonyl (C=O) groups excluding carboxylic acids is 1. The third kappa shape index (κ3) is 7.62. The molecule has 2 aromatic rings. The van der Waals surface area contributed by atoms with E-state index < -0.39 is 29.8 Å². The molecule has 2 rings (SSSR count). The van der Waals surface area contributed by atoms with Gasteiger partial charge in [-0.1, -0.05) is 27.2 Å². The number of carbonyl (C=O) groups is 1. The number of hydrogen-bond acceptors (Lipinski definition) is 6. The molecule has 172 valence electrons. The molecular formula is C21H30F3N5O2. The highest BCUT2D eigenvalue weighted by Gasteiger charge is 2.31. The smallest absolute Gasteiger partial charge is 0.391 e. The van der Waals surface area contributed by atoms with Gasteiger partial charge in [0.1, 0.15) is 12.1 Å². The minimum absolute atomic E-state index is 0.134. The summed E-state index contributed by atoms with van der Waals surface area (Å²) in [6.45, 7) is 7.02. The maximum Gasteiger partial charge on any atom is 0.416 e. The molecule has 0 radical (unpaired) electrons. The summed E-state index contributed by atoms with van der Waals surface area (Å²) in [5.74, 6) is 0.161. The Balaban J connectivity index is 2.06. The number of nitrogens with zero attached hydrogens (tertiary/aromatic N) is 2. The van der Waals surface area contributed by atoms with E-state index in [9.17, 15) is 23.1 Å². The molecule has 0 saturated heterocycles. The quantitative estimate of drug-likeness (QED) is 0.428. The predicted octanol–water partition coefficient (Wildman–Crippen LogP) is 2.95. The van der Waals surface area contributed by atoms with Crippen LogP contribution in [0.4, 0.5) is 19.0 Å². The number of aliphatic hydroxyl groups excluding tert-OH is 1. The number of aliphatic hydroxyl groups is 1. The van der Waals surface area contributed by atoms with E-state index >= 15 is 0 Å². The zero-order valence-electron chi connectivity index (χ0n) is 18.0. The first-order valence-corrected chi connectivity index (χ1v) is 10.4. The highest BCUT2D eigenvalue weighted by atomic mass is 19.4. The summed E-state index contributed by atoms with van der Waals surface area (Å²) < 4.78 is 39.1. The van der Waals surface area contributed by atoms with Gasteiger partial charge in [0.25, 0.3) is 0 Å². The molecule has 0 aliphatic heterocycles. The molecular weight excluding hydrogens is 411 g/mol. The summed E-state index contributed by atoms with van der Waals surface area (Å²) in [4.78, 5) is 20.4. The Morgan fingerprint density at radius 2 is 1.94 bits per heavy atom. The normalized spacial score (nSPS) is 13.9. The molecule has 2 unspecified atom stereocenters. The van der Waals surface area contributed by atoms with E-state index in [1.54, 1.807) is 0 Å². The van der Waals surface area contributed by atoms with E-state index in [1.807, 2.05) is 6.92 Å². The van der Waals surface area contributed by atoms with Gasteiger partial charge in [0.15, 0.2) is 0 Å². The molecule has 0 aliphatic carbocycles. The predicted molar refractivity (Wildman–Crippen MR) is 114 cm³/mol. The summed E-state index contributed by atoms with van der Waals surface area (Å²) in [5.41, 5.74) is -0.485. The van der Waals surface area contributed by atoms with Crippen LogP contribution in [0.2, 0.25) is 0 Å². The molecule has 0 aliphatic rings. The van der Waals surface area contributed by atoms with Gasteiger partial charge in [0.05, 0.1) is 29.8 Å². The second-order valence-electron chi connectivity index (χ2n) is 7.89. The maximum absolute atomic E-state index is 13.0. The molecule has 1 aromatic heterocycles. The van der Waals surface area contributed by atoms with Gasteiger partial charge in [0, 0.05) is 11.9 Å². The fraction of sp³-hybridized carbons (Fsp3) is 0.571. The van der Waals surface area contributed by atoms with Crippen LogP contribution in [0.5, 0.6) is 0 Å². The van der Waals surface area contributed by atoms with Crippen LogP contribution in [-0.2, 0) is 11.0 Å².